The maximum atomic E-state index is 6.42. The Morgan fingerprint density at radius 3 is 2.89 bits per heavy atom. The zero-order valence-corrected chi connectivity index (χ0v) is 13.6. The second-order valence-corrected chi connectivity index (χ2v) is 7.06. The van der Waals surface area contributed by atoms with Gasteiger partial charge in [-0.1, -0.05) is 34.0 Å². The van der Waals surface area contributed by atoms with E-state index in [-0.39, 0.29) is 0 Å². The molecule has 0 aliphatic carbocycles. The summed E-state index contributed by atoms with van der Waals surface area (Å²) in [7, 11) is 0. The Morgan fingerprint density at radius 1 is 1.26 bits per heavy atom. The minimum absolute atomic E-state index is 0.535. The fraction of sp³-hybridized carbons (Fsp3) is 0.600. The predicted molar refractivity (Wildman–Crippen MR) is 85.2 cm³/mol. The number of anilines is 1. The molecule has 2 aliphatic heterocycles. The summed E-state index contributed by atoms with van der Waals surface area (Å²) in [4.78, 5) is 5.15. The van der Waals surface area contributed by atoms with Crippen molar-refractivity contribution in [3.05, 3.63) is 27.7 Å². The first-order valence-electron chi connectivity index (χ1n) is 7.11. The number of benzene rings is 1. The molecule has 2 atom stereocenters. The molecule has 2 nitrogen and oxygen atoms in total. The van der Waals surface area contributed by atoms with E-state index in [0.717, 1.165) is 22.6 Å². The smallest absolute Gasteiger partial charge is 0.0650 e. The van der Waals surface area contributed by atoms with Crippen LogP contribution < -0.4 is 4.90 Å². The van der Waals surface area contributed by atoms with Crippen LogP contribution in [0.3, 0.4) is 0 Å². The third kappa shape index (κ3) is 2.79. The van der Waals surface area contributed by atoms with E-state index in [2.05, 4.69) is 44.8 Å². The molecule has 2 aliphatic rings. The van der Waals surface area contributed by atoms with Crippen LogP contribution in [0.1, 0.15) is 26.2 Å². The Kier molecular flexibility index (Phi) is 4.06. The number of hydrogen-bond donors (Lipinski definition) is 0. The van der Waals surface area contributed by atoms with Crippen LogP contribution in [0.5, 0.6) is 0 Å². The summed E-state index contributed by atoms with van der Waals surface area (Å²) in [5, 5.41) is 0.852. The highest BCUT2D eigenvalue weighted by atomic mass is 79.9. The summed E-state index contributed by atoms with van der Waals surface area (Å²) < 4.78 is 1.05. The molecular formula is C15H20BrClN2. The zero-order chi connectivity index (χ0) is 13.4. The number of piperazine rings is 1. The molecule has 4 heteroatoms. The van der Waals surface area contributed by atoms with Crippen LogP contribution in [0, 0.1) is 0 Å². The van der Waals surface area contributed by atoms with E-state index < -0.39 is 0 Å². The summed E-state index contributed by atoms with van der Waals surface area (Å²) >= 11 is 9.90. The number of nitrogens with zero attached hydrogens (tertiary/aromatic N) is 2. The molecular weight excluding hydrogens is 324 g/mol. The molecule has 2 unspecified atom stereocenters. The third-order valence-electron chi connectivity index (χ3n) is 4.41. The molecule has 1 aromatic rings. The predicted octanol–water partition coefficient (Wildman–Crippen LogP) is 4.17. The summed E-state index contributed by atoms with van der Waals surface area (Å²) in [5.41, 5.74) is 1.18. The van der Waals surface area contributed by atoms with Crippen molar-refractivity contribution < 1.29 is 0 Å². The first-order valence-corrected chi connectivity index (χ1v) is 8.28. The van der Waals surface area contributed by atoms with Gasteiger partial charge in [-0.2, -0.15) is 0 Å². The van der Waals surface area contributed by atoms with Gasteiger partial charge in [0.05, 0.1) is 10.7 Å². The second kappa shape index (κ2) is 5.63. The molecule has 3 rings (SSSR count). The van der Waals surface area contributed by atoms with Crippen molar-refractivity contribution in [2.75, 3.05) is 24.5 Å². The van der Waals surface area contributed by atoms with E-state index in [1.807, 2.05) is 6.07 Å². The standard InChI is InChI=1S/C15H20BrClN2/c1-11-9-18-7-3-2-4-13(18)10-19(11)15-6-5-12(16)8-14(15)17/h5-6,8,11,13H,2-4,7,9-10H2,1H3. The van der Waals surface area contributed by atoms with Crippen molar-refractivity contribution in [1.82, 2.24) is 4.90 Å². The van der Waals surface area contributed by atoms with E-state index in [0.29, 0.717) is 12.1 Å². The van der Waals surface area contributed by atoms with Gasteiger partial charge in [0.1, 0.15) is 0 Å². The van der Waals surface area contributed by atoms with Crippen molar-refractivity contribution >= 4 is 33.2 Å². The molecule has 2 fully saturated rings. The van der Waals surface area contributed by atoms with Crippen LogP contribution in [0.25, 0.3) is 0 Å². The van der Waals surface area contributed by atoms with E-state index in [1.54, 1.807) is 0 Å². The highest BCUT2D eigenvalue weighted by molar-refractivity contribution is 9.10. The topological polar surface area (TPSA) is 6.48 Å². The monoisotopic (exact) mass is 342 g/mol. The van der Waals surface area contributed by atoms with Gasteiger partial charge in [0.15, 0.2) is 0 Å². The van der Waals surface area contributed by atoms with Gasteiger partial charge < -0.3 is 4.90 Å². The van der Waals surface area contributed by atoms with Gasteiger partial charge in [0.25, 0.3) is 0 Å². The lowest BCUT2D eigenvalue weighted by molar-refractivity contribution is 0.115. The molecule has 19 heavy (non-hydrogen) atoms. The summed E-state index contributed by atoms with van der Waals surface area (Å²) in [6, 6.07) is 7.47. The Bertz CT molecular complexity index is 465. The van der Waals surface area contributed by atoms with Crippen LogP contribution >= 0.6 is 27.5 Å². The van der Waals surface area contributed by atoms with Crippen LogP contribution in [-0.4, -0.2) is 36.6 Å². The van der Waals surface area contributed by atoms with Crippen molar-refractivity contribution in [1.29, 1.82) is 0 Å². The number of piperidine rings is 1. The molecule has 104 valence electrons. The second-order valence-electron chi connectivity index (χ2n) is 5.74. The summed E-state index contributed by atoms with van der Waals surface area (Å²) in [5.74, 6) is 0. The van der Waals surface area contributed by atoms with E-state index in [9.17, 15) is 0 Å². The molecule has 0 radical (unpaired) electrons. The highest BCUT2D eigenvalue weighted by Gasteiger charge is 2.33. The van der Waals surface area contributed by atoms with Gasteiger partial charge in [-0.3, -0.25) is 4.90 Å². The lowest BCUT2D eigenvalue weighted by Crippen LogP contribution is -2.58. The summed E-state index contributed by atoms with van der Waals surface area (Å²) in [6.45, 7) is 5.86. The molecule has 0 saturated carbocycles. The average Bonchev–Trinajstić information content (AvgIpc) is 2.38. The van der Waals surface area contributed by atoms with Crippen LogP contribution in [0.15, 0.2) is 22.7 Å². The third-order valence-corrected chi connectivity index (χ3v) is 5.20. The van der Waals surface area contributed by atoms with Crippen molar-refractivity contribution in [2.24, 2.45) is 0 Å². The fourth-order valence-electron chi connectivity index (χ4n) is 3.40. The van der Waals surface area contributed by atoms with Gasteiger partial charge in [-0.05, 0) is 44.5 Å². The quantitative estimate of drug-likeness (QED) is 0.755. The van der Waals surface area contributed by atoms with E-state index in [4.69, 9.17) is 11.6 Å². The Morgan fingerprint density at radius 2 is 2.11 bits per heavy atom. The molecule has 0 aromatic heterocycles. The van der Waals surface area contributed by atoms with Gasteiger partial charge in [0.2, 0.25) is 0 Å². The Balaban J connectivity index is 1.83. The first kappa shape index (κ1) is 13.7. The minimum atomic E-state index is 0.535. The lowest BCUT2D eigenvalue weighted by Gasteiger charge is -2.48. The molecule has 0 spiro atoms. The number of fused-ring (bicyclic) bond motifs is 1. The first-order chi connectivity index (χ1) is 9.15. The van der Waals surface area contributed by atoms with E-state index in [1.165, 1.54) is 31.5 Å². The molecule has 0 amide bonds. The molecule has 1 aromatic carbocycles. The van der Waals surface area contributed by atoms with Crippen molar-refractivity contribution in [3.63, 3.8) is 0 Å². The highest BCUT2D eigenvalue weighted by Crippen LogP contribution is 2.34. The molecule has 0 bridgehead atoms. The normalized spacial score (nSPS) is 28.3. The SMILES string of the molecule is CC1CN2CCCCC2CN1c1ccc(Br)cc1Cl. The van der Waals surface area contributed by atoms with Gasteiger partial charge >= 0.3 is 0 Å². The Labute approximate surface area is 128 Å². The number of rotatable bonds is 1. The van der Waals surface area contributed by atoms with Crippen molar-refractivity contribution in [3.8, 4) is 0 Å². The van der Waals surface area contributed by atoms with Gasteiger partial charge in [-0.15, -0.1) is 0 Å². The minimum Gasteiger partial charge on any atom is -0.365 e. The zero-order valence-electron chi connectivity index (χ0n) is 11.3. The summed E-state index contributed by atoms with van der Waals surface area (Å²) in [6.07, 6.45) is 4.07. The number of hydrogen-bond acceptors (Lipinski definition) is 2. The fourth-order valence-corrected chi connectivity index (χ4v) is 4.18. The molecule has 2 heterocycles. The van der Waals surface area contributed by atoms with Crippen LogP contribution in [-0.2, 0) is 0 Å². The molecule has 2 saturated heterocycles. The Hall–Kier alpha value is -0.250. The molecule has 0 N–H and O–H groups in total. The van der Waals surface area contributed by atoms with Crippen LogP contribution in [0.2, 0.25) is 5.02 Å². The van der Waals surface area contributed by atoms with Gasteiger partial charge in [-0.25, -0.2) is 0 Å². The maximum Gasteiger partial charge on any atom is 0.0650 e. The lowest BCUT2D eigenvalue weighted by atomic mass is 9.96. The maximum absolute atomic E-state index is 6.42. The van der Waals surface area contributed by atoms with Crippen molar-refractivity contribution in [2.45, 2.75) is 38.3 Å². The van der Waals surface area contributed by atoms with Gasteiger partial charge in [0, 0.05) is 29.6 Å². The van der Waals surface area contributed by atoms with Crippen LogP contribution in [0.4, 0.5) is 5.69 Å². The number of halogens is 2. The average molecular weight is 344 g/mol. The largest absolute Gasteiger partial charge is 0.365 e. The van der Waals surface area contributed by atoms with E-state index >= 15 is 0 Å².